The number of hydrogen-bond donors (Lipinski definition) is 1. The maximum Gasteiger partial charge on any atom is 0.340 e. The summed E-state index contributed by atoms with van der Waals surface area (Å²) in [6.45, 7) is 2.26. The Balaban J connectivity index is 1.49. The average Bonchev–Trinajstić information content (AvgIpc) is 3.21. The highest BCUT2D eigenvalue weighted by Crippen LogP contribution is 2.56. The number of esters is 1. The Hall–Kier alpha value is -4.34. The van der Waals surface area contributed by atoms with E-state index in [4.69, 9.17) is 14.2 Å². The van der Waals surface area contributed by atoms with Crippen LogP contribution in [0.1, 0.15) is 32.6 Å². The van der Waals surface area contributed by atoms with Crippen molar-refractivity contribution in [3.8, 4) is 11.5 Å². The van der Waals surface area contributed by atoms with Crippen LogP contribution in [0.2, 0.25) is 0 Å². The van der Waals surface area contributed by atoms with Gasteiger partial charge in [0.05, 0.1) is 16.1 Å². The molecule has 1 unspecified atom stereocenters. The molecule has 198 valence electrons. The molecule has 1 atom stereocenters. The topological polar surface area (TPSA) is 94.2 Å². The number of methoxy groups -OCH3 is 1. The molecular weight excluding hydrogens is 516 g/mol. The molecule has 9 heteroatoms. The highest BCUT2D eigenvalue weighted by molar-refractivity contribution is 7.92. The van der Waals surface area contributed by atoms with Crippen molar-refractivity contribution in [3.05, 3.63) is 113 Å². The number of ether oxygens (including phenoxy) is 3. The highest BCUT2D eigenvalue weighted by Gasteiger charge is 2.53. The minimum atomic E-state index is -3.84. The molecule has 0 radical (unpaired) electrons. The van der Waals surface area contributed by atoms with E-state index in [1.54, 1.807) is 61.7 Å². The van der Waals surface area contributed by atoms with Crippen LogP contribution >= 0.6 is 0 Å². The zero-order valence-corrected chi connectivity index (χ0v) is 22.4. The third-order valence-corrected chi connectivity index (χ3v) is 8.44. The first-order valence-electron chi connectivity index (χ1n) is 12.3. The zero-order valence-electron chi connectivity index (χ0n) is 21.6. The SMILES string of the molecule is COCN(C)c1ccc2c(c1)Oc1cc(NS(=O)(=O)c3ccc(C)cc3)ccc1C21OC(=O)c2ccccc21. The number of sulfonamides is 1. The van der Waals surface area contributed by atoms with E-state index in [1.165, 1.54) is 0 Å². The van der Waals surface area contributed by atoms with Crippen LogP contribution in [0, 0.1) is 6.92 Å². The van der Waals surface area contributed by atoms with Gasteiger partial charge >= 0.3 is 5.97 Å². The summed E-state index contributed by atoms with van der Waals surface area (Å²) in [5.41, 5.74) is 3.32. The number of carbonyl (C=O) groups excluding carboxylic acids is 1. The summed E-state index contributed by atoms with van der Waals surface area (Å²) >= 11 is 0. The fourth-order valence-corrected chi connectivity index (χ4v) is 6.21. The lowest BCUT2D eigenvalue weighted by Crippen LogP contribution is -2.33. The molecule has 8 nitrogen and oxygen atoms in total. The molecule has 4 aromatic carbocycles. The quantitative estimate of drug-likeness (QED) is 0.257. The van der Waals surface area contributed by atoms with Crippen LogP contribution in [0.5, 0.6) is 11.5 Å². The summed E-state index contributed by atoms with van der Waals surface area (Å²) < 4.78 is 46.6. The molecule has 0 amide bonds. The molecule has 2 aliphatic rings. The maximum absolute atomic E-state index is 13.1. The van der Waals surface area contributed by atoms with Crippen molar-refractivity contribution in [1.82, 2.24) is 0 Å². The number of carbonyl (C=O) groups is 1. The number of anilines is 2. The highest BCUT2D eigenvalue weighted by atomic mass is 32.2. The summed E-state index contributed by atoms with van der Waals surface area (Å²) in [6.07, 6.45) is 0. The Morgan fingerprint density at radius 3 is 2.33 bits per heavy atom. The first kappa shape index (κ1) is 25.0. The fraction of sp³-hybridized carbons (Fsp3) is 0.167. The van der Waals surface area contributed by atoms with Gasteiger partial charge in [-0.2, -0.15) is 0 Å². The molecule has 0 aromatic heterocycles. The average molecular weight is 543 g/mol. The van der Waals surface area contributed by atoms with Crippen LogP contribution in [-0.4, -0.2) is 35.3 Å². The standard InChI is InChI=1S/C30H26N2O6S/c1-19-8-12-22(13-9-19)39(34,35)31-20-10-14-25-27(16-20)37-28-17-21(32(2)18-36-3)11-15-26(28)30(25)24-7-5-4-6-23(24)29(33)38-30/h4-17,31H,18H2,1-3H3. The van der Waals surface area contributed by atoms with Crippen molar-refractivity contribution in [2.45, 2.75) is 17.4 Å². The Bertz CT molecular complexity index is 1720. The van der Waals surface area contributed by atoms with Gasteiger partial charge in [-0.15, -0.1) is 0 Å². The molecule has 2 heterocycles. The second-order valence-electron chi connectivity index (χ2n) is 9.64. The largest absolute Gasteiger partial charge is 0.456 e. The van der Waals surface area contributed by atoms with E-state index in [0.29, 0.717) is 46.2 Å². The van der Waals surface area contributed by atoms with Gasteiger partial charge in [-0.25, -0.2) is 13.2 Å². The third kappa shape index (κ3) is 4.02. The normalized spacial score (nSPS) is 17.1. The molecule has 0 aliphatic carbocycles. The summed E-state index contributed by atoms with van der Waals surface area (Å²) in [4.78, 5) is 15.1. The van der Waals surface area contributed by atoms with E-state index in [-0.39, 0.29) is 4.90 Å². The molecular formula is C30H26N2O6S. The van der Waals surface area contributed by atoms with Gasteiger partial charge in [0.1, 0.15) is 18.2 Å². The van der Waals surface area contributed by atoms with Gasteiger partial charge in [0.25, 0.3) is 10.0 Å². The molecule has 1 N–H and O–H groups in total. The van der Waals surface area contributed by atoms with E-state index in [0.717, 1.165) is 11.3 Å². The Morgan fingerprint density at radius 1 is 0.897 bits per heavy atom. The molecule has 0 saturated heterocycles. The molecule has 0 bridgehead atoms. The smallest absolute Gasteiger partial charge is 0.340 e. The minimum Gasteiger partial charge on any atom is -0.456 e. The molecule has 0 saturated carbocycles. The van der Waals surface area contributed by atoms with E-state index in [9.17, 15) is 13.2 Å². The van der Waals surface area contributed by atoms with E-state index < -0.39 is 21.6 Å². The van der Waals surface area contributed by atoms with Crippen LogP contribution in [0.3, 0.4) is 0 Å². The van der Waals surface area contributed by atoms with Crippen molar-refractivity contribution in [2.75, 3.05) is 30.5 Å². The van der Waals surface area contributed by atoms with E-state index in [2.05, 4.69) is 4.72 Å². The van der Waals surface area contributed by atoms with Gasteiger partial charge in [0, 0.05) is 48.7 Å². The number of fused-ring (bicyclic) bond motifs is 6. The van der Waals surface area contributed by atoms with Crippen LogP contribution in [0.15, 0.2) is 89.8 Å². The number of hydrogen-bond acceptors (Lipinski definition) is 7. The Labute approximate surface area is 226 Å². The number of rotatable bonds is 6. The summed E-state index contributed by atoms with van der Waals surface area (Å²) in [5, 5.41) is 0. The summed E-state index contributed by atoms with van der Waals surface area (Å²) in [5.74, 6) is 0.433. The lowest BCUT2D eigenvalue weighted by molar-refractivity contribution is 0.0224. The number of aryl methyl sites for hydroxylation is 1. The fourth-order valence-electron chi connectivity index (χ4n) is 5.17. The Kier molecular flexibility index (Phi) is 5.85. The van der Waals surface area contributed by atoms with Crippen molar-refractivity contribution in [2.24, 2.45) is 0 Å². The molecule has 6 rings (SSSR count). The van der Waals surface area contributed by atoms with Crippen LogP contribution in [0.4, 0.5) is 11.4 Å². The summed E-state index contributed by atoms with van der Waals surface area (Å²) in [7, 11) is -0.333. The lowest BCUT2D eigenvalue weighted by atomic mass is 9.77. The molecule has 39 heavy (non-hydrogen) atoms. The van der Waals surface area contributed by atoms with Crippen LogP contribution in [0.25, 0.3) is 0 Å². The second-order valence-corrected chi connectivity index (χ2v) is 11.3. The van der Waals surface area contributed by atoms with Crippen LogP contribution in [-0.2, 0) is 25.1 Å². The van der Waals surface area contributed by atoms with E-state index >= 15 is 0 Å². The van der Waals surface area contributed by atoms with Crippen LogP contribution < -0.4 is 14.4 Å². The predicted octanol–water partition coefficient (Wildman–Crippen LogP) is 5.40. The number of nitrogens with zero attached hydrogens (tertiary/aromatic N) is 1. The first-order chi connectivity index (χ1) is 18.7. The first-order valence-corrected chi connectivity index (χ1v) is 13.8. The van der Waals surface area contributed by atoms with Gasteiger partial charge < -0.3 is 19.1 Å². The summed E-state index contributed by atoms with van der Waals surface area (Å²) in [6, 6.07) is 24.6. The zero-order chi connectivity index (χ0) is 27.4. The molecule has 0 fully saturated rings. The van der Waals surface area contributed by atoms with Gasteiger partial charge in [0.2, 0.25) is 0 Å². The minimum absolute atomic E-state index is 0.151. The Morgan fingerprint density at radius 2 is 1.59 bits per heavy atom. The lowest BCUT2D eigenvalue weighted by Gasteiger charge is -2.37. The van der Waals surface area contributed by atoms with Gasteiger partial charge in [-0.05, 0) is 49.4 Å². The molecule has 2 aliphatic heterocycles. The maximum atomic E-state index is 13.1. The monoisotopic (exact) mass is 542 g/mol. The van der Waals surface area contributed by atoms with Gasteiger partial charge in [-0.3, -0.25) is 4.72 Å². The third-order valence-electron chi connectivity index (χ3n) is 7.04. The second kappa shape index (κ2) is 9.14. The van der Waals surface area contributed by atoms with Crippen molar-refractivity contribution < 1.29 is 27.4 Å². The molecule has 4 aromatic rings. The van der Waals surface area contributed by atoms with Crippen molar-refractivity contribution >= 4 is 27.4 Å². The number of nitrogens with one attached hydrogen (secondary N) is 1. The van der Waals surface area contributed by atoms with Crippen molar-refractivity contribution in [1.29, 1.82) is 0 Å². The van der Waals surface area contributed by atoms with Gasteiger partial charge in [0.15, 0.2) is 5.60 Å². The van der Waals surface area contributed by atoms with E-state index in [1.807, 2.05) is 49.2 Å². The van der Waals surface area contributed by atoms with Gasteiger partial charge in [-0.1, -0.05) is 35.9 Å². The predicted molar refractivity (Wildman–Crippen MR) is 147 cm³/mol. The van der Waals surface area contributed by atoms with Crippen molar-refractivity contribution in [3.63, 3.8) is 0 Å². The number of benzene rings is 4. The molecule has 1 spiro atoms.